The van der Waals surface area contributed by atoms with Gasteiger partial charge in [-0.25, -0.2) is 0 Å². The number of nitrogens with zero attached hydrogens (tertiary/aromatic N) is 1. The first-order valence-corrected chi connectivity index (χ1v) is 14.3. The van der Waals surface area contributed by atoms with Gasteiger partial charge in [-0.2, -0.15) is 4.57 Å². The molecule has 2 heterocycles. The third kappa shape index (κ3) is 5.62. The first-order chi connectivity index (χ1) is 18.3. The van der Waals surface area contributed by atoms with E-state index in [0.717, 1.165) is 13.0 Å². The SMILES string of the molecule is C1=CCCC(CCCCCCC2=CC=CC(c3cccc(-c4ccc5c(c4)-c4cccc[n+]4C5)c3)C2)=C1. The molecule has 37 heavy (non-hydrogen) atoms. The highest BCUT2D eigenvalue weighted by Crippen LogP contribution is 2.35. The monoisotopic (exact) mass is 484 g/mol. The van der Waals surface area contributed by atoms with Crippen molar-refractivity contribution in [2.45, 2.75) is 70.3 Å². The predicted molar refractivity (Wildman–Crippen MR) is 155 cm³/mol. The molecule has 1 aliphatic heterocycles. The number of pyridine rings is 1. The summed E-state index contributed by atoms with van der Waals surface area (Å²) in [5.41, 5.74) is 11.4. The van der Waals surface area contributed by atoms with E-state index in [1.165, 1.54) is 84.9 Å². The maximum absolute atomic E-state index is 2.42. The van der Waals surface area contributed by atoms with Crippen LogP contribution in [0, 0.1) is 0 Å². The molecule has 2 aromatic carbocycles. The van der Waals surface area contributed by atoms with Gasteiger partial charge >= 0.3 is 0 Å². The Labute approximate surface area is 222 Å². The molecule has 0 spiro atoms. The van der Waals surface area contributed by atoms with Crippen molar-refractivity contribution in [2.75, 3.05) is 0 Å². The van der Waals surface area contributed by atoms with Crippen LogP contribution in [-0.4, -0.2) is 0 Å². The van der Waals surface area contributed by atoms with Crippen LogP contribution in [0.5, 0.6) is 0 Å². The fourth-order valence-electron chi connectivity index (χ4n) is 6.20. The highest BCUT2D eigenvalue weighted by molar-refractivity contribution is 5.74. The molecule has 1 atom stereocenters. The summed E-state index contributed by atoms with van der Waals surface area (Å²) in [5.74, 6) is 0.483. The van der Waals surface area contributed by atoms with Crippen molar-refractivity contribution < 1.29 is 4.57 Å². The lowest BCUT2D eigenvalue weighted by Gasteiger charge is -2.20. The molecule has 0 saturated heterocycles. The van der Waals surface area contributed by atoms with Crippen LogP contribution in [0.2, 0.25) is 0 Å². The number of hydrogen-bond acceptors (Lipinski definition) is 0. The summed E-state index contributed by atoms with van der Waals surface area (Å²) in [6.07, 6.45) is 27.7. The van der Waals surface area contributed by atoms with E-state index in [1.54, 1.807) is 11.1 Å². The number of unbranched alkanes of at least 4 members (excludes halogenated alkanes) is 3. The van der Waals surface area contributed by atoms with E-state index in [-0.39, 0.29) is 0 Å². The topological polar surface area (TPSA) is 3.88 Å². The van der Waals surface area contributed by atoms with Crippen molar-refractivity contribution in [2.24, 2.45) is 0 Å². The van der Waals surface area contributed by atoms with Crippen LogP contribution in [0.15, 0.2) is 114 Å². The Kier molecular flexibility index (Phi) is 7.30. The highest BCUT2D eigenvalue weighted by Gasteiger charge is 2.25. The highest BCUT2D eigenvalue weighted by atomic mass is 15.0. The number of hydrogen-bond donors (Lipinski definition) is 0. The largest absolute Gasteiger partial charge is 0.213 e. The average molecular weight is 485 g/mol. The summed E-state index contributed by atoms with van der Waals surface area (Å²) in [6.45, 7) is 0.976. The van der Waals surface area contributed by atoms with Crippen molar-refractivity contribution in [3.05, 3.63) is 126 Å². The first kappa shape index (κ1) is 23.9. The number of allylic oxidation sites excluding steroid dienone is 8. The molecular formula is C36H38N+. The maximum atomic E-state index is 2.42. The van der Waals surface area contributed by atoms with Crippen molar-refractivity contribution >= 4 is 0 Å². The third-order valence-electron chi connectivity index (χ3n) is 8.32. The van der Waals surface area contributed by atoms with Crippen molar-refractivity contribution in [3.8, 4) is 22.4 Å². The molecule has 0 fully saturated rings. The van der Waals surface area contributed by atoms with Crippen LogP contribution in [0.1, 0.15) is 74.8 Å². The van der Waals surface area contributed by atoms with Crippen LogP contribution in [-0.2, 0) is 6.54 Å². The minimum atomic E-state index is 0.483. The van der Waals surface area contributed by atoms with E-state index in [9.17, 15) is 0 Å². The second kappa shape index (κ2) is 11.3. The summed E-state index contributed by atoms with van der Waals surface area (Å²) in [6, 6.07) is 22.7. The van der Waals surface area contributed by atoms with Gasteiger partial charge in [-0.15, -0.1) is 0 Å². The number of rotatable bonds is 9. The second-order valence-corrected chi connectivity index (χ2v) is 10.9. The molecule has 0 radical (unpaired) electrons. The lowest BCUT2D eigenvalue weighted by Crippen LogP contribution is -2.31. The molecule has 186 valence electrons. The Morgan fingerprint density at radius 3 is 2.51 bits per heavy atom. The van der Waals surface area contributed by atoms with Crippen molar-refractivity contribution in [1.29, 1.82) is 0 Å². The summed E-state index contributed by atoms with van der Waals surface area (Å²) >= 11 is 0. The van der Waals surface area contributed by atoms with Gasteiger partial charge in [-0.3, -0.25) is 0 Å². The van der Waals surface area contributed by atoms with Gasteiger partial charge in [-0.1, -0.05) is 96.8 Å². The van der Waals surface area contributed by atoms with E-state index >= 15 is 0 Å². The Morgan fingerprint density at radius 1 is 0.757 bits per heavy atom. The molecule has 0 amide bonds. The molecule has 6 rings (SSSR count). The van der Waals surface area contributed by atoms with Crippen LogP contribution < -0.4 is 4.57 Å². The normalized spacial score (nSPS) is 17.8. The van der Waals surface area contributed by atoms with E-state index in [0.29, 0.717) is 5.92 Å². The molecule has 2 aliphatic carbocycles. The number of benzene rings is 2. The zero-order valence-electron chi connectivity index (χ0n) is 21.9. The predicted octanol–water partition coefficient (Wildman–Crippen LogP) is 9.26. The van der Waals surface area contributed by atoms with Crippen LogP contribution in [0.3, 0.4) is 0 Å². The summed E-state index contributed by atoms with van der Waals surface area (Å²) in [4.78, 5) is 0. The average Bonchev–Trinajstić information content (AvgIpc) is 3.34. The summed E-state index contributed by atoms with van der Waals surface area (Å²) < 4.78 is 2.34. The fourth-order valence-corrected chi connectivity index (χ4v) is 6.20. The van der Waals surface area contributed by atoms with Crippen molar-refractivity contribution in [3.63, 3.8) is 0 Å². The standard InChI is InChI=1S/C36H38N/c1(4-12-28-13-6-3-7-14-28)2-5-15-29-16-10-17-30(24-29)31-18-11-19-32(25-31)33-21-22-34-27-37-23-9-8-20-36(37)35(34)26-33/h3,6,8-11,13,16-23,25-26,30H,1-2,4-5,7,12,14-15,24,27H2/q+1. The molecule has 1 unspecified atom stereocenters. The molecule has 1 heteroatoms. The second-order valence-electron chi connectivity index (χ2n) is 10.9. The smallest absolute Gasteiger partial charge is 0.194 e. The minimum absolute atomic E-state index is 0.483. The minimum Gasteiger partial charge on any atom is -0.194 e. The summed E-state index contributed by atoms with van der Waals surface area (Å²) in [5, 5.41) is 0. The lowest BCUT2D eigenvalue weighted by molar-refractivity contribution is -0.672. The van der Waals surface area contributed by atoms with Gasteiger partial charge < -0.3 is 0 Å². The van der Waals surface area contributed by atoms with Crippen LogP contribution in [0.4, 0.5) is 0 Å². The Bertz CT molecular complexity index is 1380. The van der Waals surface area contributed by atoms with Gasteiger partial charge in [0.25, 0.3) is 0 Å². The quantitative estimate of drug-likeness (QED) is 0.165. The van der Waals surface area contributed by atoms with E-state index in [2.05, 4.69) is 108 Å². The summed E-state index contributed by atoms with van der Waals surface area (Å²) in [7, 11) is 0. The van der Waals surface area contributed by atoms with Gasteiger partial charge in [0.15, 0.2) is 12.7 Å². The number of fused-ring (bicyclic) bond motifs is 3. The lowest BCUT2D eigenvalue weighted by atomic mass is 9.85. The molecular weight excluding hydrogens is 446 g/mol. The van der Waals surface area contributed by atoms with E-state index in [1.807, 2.05) is 0 Å². The van der Waals surface area contributed by atoms with E-state index < -0.39 is 0 Å². The molecule has 3 aliphatic rings. The van der Waals surface area contributed by atoms with Crippen molar-refractivity contribution in [1.82, 2.24) is 0 Å². The number of aromatic nitrogens is 1. The van der Waals surface area contributed by atoms with Crippen LogP contribution in [0.25, 0.3) is 22.4 Å². The Balaban J connectivity index is 1.05. The zero-order chi connectivity index (χ0) is 24.9. The van der Waals surface area contributed by atoms with Gasteiger partial charge in [0.05, 0.1) is 5.56 Å². The van der Waals surface area contributed by atoms with Crippen LogP contribution >= 0.6 is 0 Å². The molecule has 0 bridgehead atoms. The fraction of sp³-hybridized carbons (Fsp3) is 0.306. The third-order valence-corrected chi connectivity index (χ3v) is 8.32. The first-order valence-electron chi connectivity index (χ1n) is 14.3. The maximum Gasteiger partial charge on any atom is 0.213 e. The van der Waals surface area contributed by atoms with E-state index in [4.69, 9.17) is 0 Å². The van der Waals surface area contributed by atoms with Gasteiger partial charge in [0.2, 0.25) is 5.69 Å². The molecule has 0 saturated carbocycles. The molecule has 0 N–H and O–H groups in total. The van der Waals surface area contributed by atoms with Gasteiger partial charge in [-0.05, 0) is 73.8 Å². The molecule has 1 nitrogen and oxygen atoms in total. The van der Waals surface area contributed by atoms with Gasteiger partial charge in [0, 0.05) is 23.6 Å². The Morgan fingerprint density at radius 2 is 1.62 bits per heavy atom. The zero-order valence-corrected chi connectivity index (χ0v) is 21.9. The molecule has 3 aromatic rings. The Hall–Kier alpha value is -3.45. The molecule has 1 aromatic heterocycles. The van der Waals surface area contributed by atoms with Gasteiger partial charge in [0.1, 0.15) is 0 Å².